The lowest BCUT2D eigenvalue weighted by Crippen LogP contribution is -2.20. The Morgan fingerprint density at radius 1 is 1.06 bits per heavy atom. The van der Waals surface area contributed by atoms with E-state index in [4.69, 9.17) is 21.1 Å². The molecule has 6 heteroatoms. The first kappa shape index (κ1) is 22.4. The van der Waals surface area contributed by atoms with Crippen molar-refractivity contribution < 1.29 is 14.3 Å². The second kappa shape index (κ2) is 10.1. The molecule has 1 amide bonds. The Bertz CT molecular complexity index is 1130. The summed E-state index contributed by atoms with van der Waals surface area (Å²) in [6.45, 7) is 5.83. The van der Waals surface area contributed by atoms with E-state index in [0.717, 1.165) is 22.4 Å². The number of methoxy groups -OCH3 is 1. The Hall–Kier alpha value is -3.31. The first-order chi connectivity index (χ1) is 14.9. The largest absolute Gasteiger partial charge is 0.493 e. The van der Waals surface area contributed by atoms with E-state index in [2.05, 4.69) is 16.4 Å². The molecule has 160 valence electrons. The topological polar surface area (TPSA) is 59.9 Å². The lowest BCUT2D eigenvalue weighted by molar-refractivity contribution is -0.118. The molecule has 0 aliphatic rings. The van der Waals surface area contributed by atoms with Crippen molar-refractivity contribution in [2.24, 2.45) is 4.99 Å². The molecule has 0 saturated heterocycles. The van der Waals surface area contributed by atoms with Crippen LogP contribution in [0.2, 0.25) is 5.02 Å². The molecule has 0 unspecified atom stereocenters. The number of hydrogen-bond acceptors (Lipinski definition) is 4. The number of nitrogens with zero attached hydrogens (tertiary/aromatic N) is 1. The first-order valence-corrected chi connectivity index (χ1v) is 10.2. The first-order valence-electron chi connectivity index (χ1n) is 9.84. The van der Waals surface area contributed by atoms with Crippen LogP contribution in [-0.2, 0) is 4.79 Å². The third-order valence-electron chi connectivity index (χ3n) is 4.61. The summed E-state index contributed by atoms with van der Waals surface area (Å²) in [6.07, 6.45) is 1.72. The van der Waals surface area contributed by atoms with E-state index < -0.39 is 0 Å². The van der Waals surface area contributed by atoms with Crippen LogP contribution < -0.4 is 14.8 Å². The highest BCUT2D eigenvalue weighted by molar-refractivity contribution is 6.32. The highest BCUT2D eigenvalue weighted by Gasteiger charge is 2.14. The summed E-state index contributed by atoms with van der Waals surface area (Å²) < 4.78 is 11.1. The minimum absolute atomic E-state index is 0.194. The molecule has 0 spiro atoms. The van der Waals surface area contributed by atoms with Crippen LogP contribution in [0, 0.1) is 20.8 Å². The number of benzene rings is 3. The molecule has 3 aromatic carbocycles. The van der Waals surface area contributed by atoms with Gasteiger partial charge in [0.1, 0.15) is 0 Å². The highest BCUT2D eigenvalue weighted by Crippen LogP contribution is 2.36. The van der Waals surface area contributed by atoms with Crippen LogP contribution in [-0.4, -0.2) is 25.8 Å². The van der Waals surface area contributed by atoms with Gasteiger partial charge in [0.25, 0.3) is 5.91 Å². The summed E-state index contributed by atoms with van der Waals surface area (Å²) in [5.41, 5.74) is 5.70. The number of anilines is 1. The lowest BCUT2D eigenvalue weighted by atomic mass is 10.1. The molecule has 0 bridgehead atoms. The number of amides is 1. The van der Waals surface area contributed by atoms with Gasteiger partial charge in [0.2, 0.25) is 0 Å². The summed E-state index contributed by atoms with van der Waals surface area (Å²) >= 11 is 6.41. The quantitative estimate of drug-likeness (QED) is 0.459. The van der Waals surface area contributed by atoms with Crippen molar-refractivity contribution in [2.75, 3.05) is 19.0 Å². The normalized spacial score (nSPS) is 10.9. The fraction of sp³-hybridized carbons (Fsp3) is 0.200. The standard InChI is InChI=1S/C25H25ClN2O3/c1-16-6-5-7-20(11-16)28-24(29)15-31-25-21(26)12-19(13-23(25)30-4)14-27-22-9-8-17(2)10-18(22)3/h5-14H,15H2,1-4H3,(H,28,29). The molecule has 0 fully saturated rings. The van der Waals surface area contributed by atoms with Crippen molar-refractivity contribution >= 4 is 35.1 Å². The second-order valence-corrected chi connectivity index (χ2v) is 7.70. The Labute approximate surface area is 187 Å². The molecule has 0 radical (unpaired) electrons. The molecular weight excluding hydrogens is 412 g/mol. The van der Waals surface area contributed by atoms with Gasteiger partial charge in [0, 0.05) is 11.9 Å². The van der Waals surface area contributed by atoms with Crippen molar-refractivity contribution in [2.45, 2.75) is 20.8 Å². The minimum Gasteiger partial charge on any atom is -0.493 e. The molecule has 0 aliphatic carbocycles. The lowest BCUT2D eigenvalue weighted by Gasteiger charge is -2.13. The number of aliphatic imine (C=N–C) groups is 1. The van der Waals surface area contributed by atoms with Crippen molar-refractivity contribution in [1.29, 1.82) is 0 Å². The number of hydrogen-bond donors (Lipinski definition) is 1. The zero-order valence-electron chi connectivity index (χ0n) is 18.0. The smallest absolute Gasteiger partial charge is 0.262 e. The number of carbonyl (C=O) groups is 1. The van der Waals surface area contributed by atoms with Crippen LogP contribution in [0.4, 0.5) is 11.4 Å². The van der Waals surface area contributed by atoms with E-state index in [9.17, 15) is 4.79 Å². The molecule has 0 atom stereocenters. The maximum absolute atomic E-state index is 12.2. The van der Waals surface area contributed by atoms with Crippen LogP contribution in [0.15, 0.2) is 59.6 Å². The Morgan fingerprint density at radius 3 is 2.55 bits per heavy atom. The molecule has 31 heavy (non-hydrogen) atoms. The fourth-order valence-electron chi connectivity index (χ4n) is 3.11. The maximum atomic E-state index is 12.2. The Balaban J connectivity index is 1.71. The molecule has 0 aromatic heterocycles. The van der Waals surface area contributed by atoms with Gasteiger partial charge < -0.3 is 14.8 Å². The van der Waals surface area contributed by atoms with Crippen LogP contribution in [0.1, 0.15) is 22.3 Å². The number of rotatable bonds is 7. The number of carbonyl (C=O) groups excluding carboxylic acids is 1. The molecule has 0 heterocycles. The van der Waals surface area contributed by atoms with Gasteiger partial charge in [-0.15, -0.1) is 0 Å². The van der Waals surface area contributed by atoms with Gasteiger partial charge in [-0.3, -0.25) is 9.79 Å². The van der Waals surface area contributed by atoms with E-state index in [1.165, 1.54) is 12.7 Å². The van der Waals surface area contributed by atoms with E-state index in [0.29, 0.717) is 22.2 Å². The summed E-state index contributed by atoms with van der Waals surface area (Å²) in [6, 6.07) is 17.1. The fourth-order valence-corrected chi connectivity index (χ4v) is 3.38. The minimum atomic E-state index is -0.288. The Kier molecular flexibility index (Phi) is 7.32. The number of aryl methyl sites for hydroxylation is 3. The molecule has 1 N–H and O–H groups in total. The average Bonchev–Trinajstić information content (AvgIpc) is 2.72. The van der Waals surface area contributed by atoms with Gasteiger partial charge in [0.05, 0.1) is 17.8 Å². The monoisotopic (exact) mass is 436 g/mol. The van der Waals surface area contributed by atoms with Crippen molar-refractivity contribution in [3.05, 3.63) is 81.9 Å². The highest BCUT2D eigenvalue weighted by atomic mass is 35.5. The van der Waals surface area contributed by atoms with Gasteiger partial charge in [-0.1, -0.05) is 41.4 Å². The van der Waals surface area contributed by atoms with E-state index in [1.54, 1.807) is 18.3 Å². The summed E-state index contributed by atoms with van der Waals surface area (Å²) in [5, 5.41) is 3.14. The second-order valence-electron chi connectivity index (χ2n) is 7.29. The SMILES string of the molecule is COc1cc(C=Nc2ccc(C)cc2C)cc(Cl)c1OCC(=O)Nc1cccc(C)c1. The molecule has 5 nitrogen and oxygen atoms in total. The number of halogens is 1. The van der Waals surface area contributed by atoms with Crippen molar-refractivity contribution in [1.82, 2.24) is 0 Å². The Morgan fingerprint density at radius 2 is 1.84 bits per heavy atom. The average molecular weight is 437 g/mol. The third kappa shape index (κ3) is 6.09. The maximum Gasteiger partial charge on any atom is 0.262 e. The van der Waals surface area contributed by atoms with Gasteiger partial charge in [-0.05, 0) is 67.8 Å². The summed E-state index contributed by atoms with van der Waals surface area (Å²) in [7, 11) is 1.52. The van der Waals surface area contributed by atoms with Crippen LogP contribution >= 0.6 is 11.6 Å². The van der Waals surface area contributed by atoms with Gasteiger partial charge in [-0.2, -0.15) is 0 Å². The predicted octanol–water partition coefficient (Wildman–Crippen LogP) is 6.04. The summed E-state index contributed by atoms with van der Waals surface area (Å²) in [5.74, 6) is 0.453. The van der Waals surface area contributed by atoms with E-state index in [-0.39, 0.29) is 12.5 Å². The van der Waals surface area contributed by atoms with Gasteiger partial charge in [-0.25, -0.2) is 0 Å². The number of nitrogens with one attached hydrogen (secondary N) is 1. The predicted molar refractivity (Wildman–Crippen MR) is 126 cm³/mol. The number of ether oxygens (including phenoxy) is 2. The van der Waals surface area contributed by atoms with Gasteiger partial charge >= 0.3 is 0 Å². The third-order valence-corrected chi connectivity index (χ3v) is 4.89. The molecular formula is C25H25ClN2O3. The molecule has 0 aliphatic heterocycles. The molecule has 3 rings (SSSR count). The van der Waals surface area contributed by atoms with Crippen LogP contribution in [0.25, 0.3) is 0 Å². The molecule has 0 saturated carbocycles. The zero-order valence-corrected chi connectivity index (χ0v) is 18.8. The van der Waals surface area contributed by atoms with Crippen molar-refractivity contribution in [3.8, 4) is 11.5 Å². The van der Waals surface area contributed by atoms with E-state index >= 15 is 0 Å². The molecule has 3 aromatic rings. The van der Waals surface area contributed by atoms with Gasteiger partial charge in [0.15, 0.2) is 18.1 Å². The zero-order chi connectivity index (χ0) is 22.4. The van der Waals surface area contributed by atoms with Crippen LogP contribution in [0.3, 0.4) is 0 Å². The van der Waals surface area contributed by atoms with E-state index in [1.807, 2.05) is 57.2 Å². The van der Waals surface area contributed by atoms with Crippen molar-refractivity contribution in [3.63, 3.8) is 0 Å². The van der Waals surface area contributed by atoms with Crippen LogP contribution in [0.5, 0.6) is 11.5 Å². The summed E-state index contributed by atoms with van der Waals surface area (Å²) in [4.78, 5) is 16.8.